The van der Waals surface area contributed by atoms with Gasteiger partial charge in [0, 0.05) is 39.1 Å². The molecule has 180 valence electrons. The van der Waals surface area contributed by atoms with E-state index in [1.54, 1.807) is 16.1 Å². The Morgan fingerprint density at radius 2 is 1.73 bits per heavy atom. The summed E-state index contributed by atoms with van der Waals surface area (Å²) in [5, 5.41) is 0. The van der Waals surface area contributed by atoms with Gasteiger partial charge in [0.2, 0.25) is 11.8 Å². The second-order valence-electron chi connectivity index (χ2n) is 8.54. The molecule has 0 unspecified atom stereocenters. The van der Waals surface area contributed by atoms with Crippen LogP contribution >= 0.6 is 0 Å². The van der Waals surface area contributed by atoms with Gasteiger partial charge < -0.3 is 19.0 Å². The van der Waals surface area contributed by atoms with E-state index < -0.39 is 0 Å². The maximum absolute atomic E-state index is 13.4. The molecule has 3 rings (SSSR count). The van der Waals surface area contributed by atoms with Gasteiger partial charge in [0.25, 0.3) is 0 Å². The predicted octanol–water partition coefficient (Wildman–Crippen LogP) is 3.55. The quantitative estimate of drug-likeness (QED) is 0.432. The van der Waals surface area contributed by atoms with Crippen molar-refractivity contribution in [1.82, 2.24) is 14.7 Å². The molecule has 1 aromatic heterocycles. The van der Waals surface area contributed by atoms with Gasteiger partial charge in [-0.3, -0.25) is 14.5 Å². The van der Waals surface area contributed by atoms with E-state index in [9.17, 15) is 9.59 Å². The molecule has 0 saturated carbocycles. The molecule has 0 N–H and O–H groups in total. The van der Waals surface area contributed by atoms with Gasteiger partial charge in [-0.25, -0.2) is 0 Å². The highest BCUT2D eigenvalue weighted by atomic mass is 16.5. The topological polar surface area (TPSA) is 66.2 Å². The van der Waals surface area contributed by atoms with E-state index in [1.165, 1.54) is 0 Å². The highest BCUT2D eigenvalue weighted by Crippen LogP contribution is 2.13. The molecular formula is C26H37N3O4. The molecule has 0 bridgehead atoms. The normalized spacial score (nSPS) is 14.2. The lowest BCUT2D eigenvalue weighted by Crippen LogP contribution is -2.47. The number of amides is 2. The zero-order valence-electron chi connectivity index (χ0n) is 19.8. The molecule has 2 amide bonds. The first-order chi connectivity index (χ1) is 16.2. The molecule has 1 aromatic carbocycles. The van der Waals surface area contributed by atoms with Crippen LogP contribution in [0.25, 0.3) is 0 Å². The minimum Gasteiger partial charge on any atom is -0.467 e. The van der Waals surface area contributed by atoms with Gasteiger partial charge in [0.15, 0.2) is 0 Å². The highest BCUT2D eigenvalue weighted by Gasteiger charge is 2.23. The molecule has 1 fully saturated rings. The Bertz CT molecular complexity index is 819. The van der Waals surface area contributed by atoms with Gasteiger partial charge >= 0.3 is 0 Å². The van der Waals surface area contributed by atoms with Crippen LogP contribution in [0.1, 0.15) is 43.9 Å². The standard InChI is InChI=1S/C26H37N3O4/c1-2-3-5-12-25(30)28(14-13-27-15-18-32-19-16-27)22-26(31)29(21-24-11-8-17-33-24)20-23-9-6-4-7-10-23/h4,6-11,17H,2-3,5,12-16,18-22H2,1H3. The third kappa shape index (κ3) is 8.67. The van der Waals surface area contributed by atoms with Gasteiger partial charge in [0.1, 0.15) is 5.76 Å². The van der Waals surface area contributed by atoms with Crippen molar-refractivity contribution in [1.29, 1.82) is 0 Å². The number of ether oxygens (including phenoxy) is 1. The summed E-state index contributed by atoms with van der Waals surface area (Å²) in [5.41, 5.74) is 1.05. The average Bonchev–Trinajstić information content (AvgIpc) is 3.36. The Kier molecular flexibility index (Phi) is 10.5. The van der Waals surface area contributed by atoms with Crippen molar-refractivity contribution in [3.63, 3.8) is 0 Å². The molecule has 2 aromatic rings. The molecule has 0 aliphatic carbocycles. The second kappa shape index (κ2) is 13.8. The SMILES string of the molecule is CCCCCC(=O)N(CCN1CCOCC1)CC(=O)N(Cc1ccccc1)Cc1ccco1. The Morgan fingerprint density at radius 1 is 0.939 bits per heavy atom. The Morgan fingerprint density at radius 3 is 2.42 bits per heavy atom. The first-order valence-electron chi connectivity index (χ1n) is 12.1. The van der Waals surface area contributed by atoms with E-state index in [4.69, 9.17) is 9.15 Å². The van der Waals surface area contributed by atoms with E-state index in [2.05, 4.69) is 11.8 Å². The molecule has 0 radical (unpaired) electrons. The van der Waals surface area contributed by atoms with Crippen molar-refractivity contribution in [3.8, 4) is 0 Å². The number of carbonyl (C=O) groups is 2. The first-order valence-corrected chi connectivity index (χ1v) is 12.1. The molecule has 33 heavy (non-hydrogen) atoms. The monoisotopic (exact) mass is 455 g/mol. The number of furan rings is 1. The van der Waals surface area contributed by atoms with E-state index in [0.717, 1.165) is 63.4 Å². The Labute approximate surface area is 197 Å². The van der Waals surface area contributed by atoms with Crippen LogP contribution in [0.5, 0.6) is 0 Å². The molecule has 1 aliphatic heterocycles. The summed E-state index contributed by atoms with van der Waals surface area (Å²) in [6, 6.07) is 13.6. The summed E-state index contributed by atoms with van der Waals surface area (Å²) in [6.07, 6.45) is 5.05. The van der Waals surface area contributed by atoms with Gasteiger partial charge in [-0.15, -0.1) is 0 Å². The van der Waals surface area contributed by atoms with Gasteiger partial charge in [-0.1, -0.05) is 50.1 Å². The van der Waals surface area contributed by atoms with Crippen molar-refractivity contribution in [2.45, 2.75) is 45.7 Å². The predicted molar refractivity (Wildman–Crippen MR) is 127 cm³/mol. The summed E-state index contributed by atoms with van der Waals surface area (Å²) in [4.78, 5) is 32.3. The number of morpholine rings is 1. The maximum Gasteiger partial charge on any atom is 0.242 e. The highest BCUT2D eigenvalue weighted by molar-refractivity contribution is 5.84. The molecule has 1 saturated heterocycles. The summed E-state index contributed by atoms with van der Waals surface area (Å²) in [5.74, 6) is 0.720. The number of carbonyl (C=O) groups excluding carboxylic acids is 2. The van der Waals surface area contributed by atoms with Crippen molar-refractivity contribution in [2.24, 2.45) is 0 Å². The van der Waals surface area contributed by atoms with Crippen LogP contribution in [0, 0.1) is 0 Å². The zero-order valence-corrected chi connectivity index (χ0v) is 19.8. The van der Waals surface area contributed by atoms with Gasteiger partial charge in [0.05, 0.1) is 32.6 Å². The molecule has 1 aliphatic rings. The molecular weight excluding hydrogens is 418 g/mol. The van der Waals surface area contributed by atoms with Crippen molar-refractivity contribution >= 4 is 11.8 Å². The minimum atomic E-state index is -0.0685. The van der Waals surface area contributed by atoms with Crippen molar-refractivity contribution < 1.29 is 18.7 Å². The van der Waals surface area contributed by atoms with Gasteiger partial charge in [-0.05, 0) is 24.1 Å². The first kappa shape index (κ1) is 25.0. The lowest BCUT2D eigenvalue weighted by atomic mass is 10.2. The molecule has 0 atom stereocenters. The number of hydrogen-bond donors (Lipinski definition) is 0. The minimum absolute atomic E-state index is 0.0581. The van der Waals surface area contributed by atoms with E-state index >= 15 is 0 Å². The van der Waals surface area contributed by atoms with Crippen LogP contribution < -0.4 is 0 Å². The van der Waals surface area contributed by atoms with Crippen LogP contribution in [0.15, 0.2) is 53.1 Å². The van der Waals surface area contributed by atoms with Crippen LogP contribution in [0.4, 0.5) is 0 Å². The summed E-state index contributed by atoms with van der Waals surface area (Å²) < 4.78 is 10.9. The number of benzene rings is 1. The van der Waals surface area contributed by atoms with Crippen LogP contribution in [-0.4, -0.2) is 72.5 Å². The third-order valence-corrected chi connectivity index (χ3v) is 5.96. The smallest absolute Gasteiger partial charge is 0.242 e. The summed E-state index contributed by atoms with van der Waals surface area (Å²) in [7, 11) is 0. The average molecular weight is 456 g/mol. The fourth-order valence-electron chi connectivity index (χ4n) is 3.95. The number of nitrogens with zero attached hydrogens (tertiary/aromatic N) is 3. The number of unbranched alkanes of at least 4 members (excludes halogenated alkanes) is 2. The third-order valence-electron chi connectivity index (χ3n) is 5.96. The van der Waals surface area contributed by atoms with E-state index in [1.807, 2.05) is 42.5 Å². The van der Waals surface area contributed by atoms with Gasteiger partial charge in [-0.2, -0.15) is 0 Å². The van der Waals surface area contributed by atoms with Crippen LogP contribution in [0.3, 0.4) is 0 Å². The fraction of sp³-hybridized carbons (Fsp3) is 0.538. The number of rotatable bonds is 13. The number of hydrogen-bond acceptors (Lipinski definition) is 5. The maximum atomic E-state index is 13.4. The lowest BCUT2D eigenvalue weighted by molar-refractivity contribution is -0.141. The second-order valence-corrected chi connectivity index (χ2v) is 8.54. The van der Waals surface area contributed by atoms with Crippen LogP contribution in [0.2, 0.25) is 0 Å². The Hall–Kier alpha value is -2.64. The molecule has 0 spiro atoms. The molecule has 7 nitrogen and oxygen atoms in total. The van der Waals surface area contributed by atoms with E-state index in [-0.39, 0.29) is 18.4 Å². The molecule has 7 heteroatoms. The fourth-order valence-corrected chi connectivity index (χ4v) is 3.95. The largest absolute Gasteiger partial charge is 0.467 e. The molecule has 2 heterocycles. The summed E-state index contributed by atoms with van der Waals surface area (Å²) >= 11 is 0. The van der Waals surface area contributed by atoms with Crippen molar-refractivity contribution in [3.05, 3.63) is 60.1 Å². The van der Waals surface area contributed by atoms with Crippen molar-refractivity contribution in [2.75, 3.05) is 45.9 Å². The Balaban J connectivity index is 1.67. The zero-order chi connectivity index (χ0) is 23.3. The summed E-state index contributed by atoms with van der Waals surface area (Å²) in [6.45, 7) is 7.54. The van der Waals surface area contributed by atoms with Crippen LogP contribution in [-0.2, 0) is 27.4 Å². The van der Waals surface area contributed by atoms with E-state index in [0.29, 0.717) is 26.1 Å². The lowest BCUT2D eigenvalue weighted by Gasteiger charge is -2.31.